The van der Waals surface area contributed by atoms with Crippen LogP contribution in [0.25, 0.3) is 0 Å². The Hall–Kier alpha value is -1.51. The lowest BCUT2D eigenvalue weighted by atomic mass is 9.92. The number of amides is 2. The molecule has 1 N–H and O–H groups in total. The summed E-state index contributed by atoms with van der Waals surface area (Å²) in [6, 6.07) is 6.08. The first-order valence-electron chi connectivity index (χ1n) is 7.09. The highest BCUT2D eigenvalue weighted by atomic mass is 16.2. The molecule has 3 nitrogen and oxygen atoms in total. The first-order chi connectivity index (χ1) is 8.95. The van der Waals surface area contributed by atoms with E-state index in [1.807, 2.05) is 23.1 Å². The molecular formula is C16H24N2O. The number of rotatable bonds is 1. The van der Waals surface area contributed by atoms with Crippen molar-refractivity contribution in [2.45, 2.75) is 34.1 Å². The Kier molecular flexibility index (Phi) is 4.13. The number of benzene rings is 1. The van der Waals surface area contributed by atoms with Crippen LogP contribution in [0.2, 0.25) is 0 Å². The Balaban J connectivity index is 2.02. The smallest absolute Gasteiger partial charge is 0.321 e. The zero-order valence-electron chi connectivity index (χ0n) is 12.4. The van der Waals surface area contributed by atoms with Gasteiger partial charge < -0.3 is 10.2 Å². The molecule has 1 aliphatic rings. The first kappa shape index (κ1) is 13.9. The number of carbonyl (C=O) groups excluding carboxylic acids is 1. The van der Waals surface area contributed by atoms with Gasteiger partial charge in [0.15, 0.2) is 0 Å². The van der Waals surface area contributed by atoms with E-state index in [1.54, 1.807) is 0 Å². The summed E-state index contributed by atoms with van der Waals surface area (Å²) in [7, 11) is 0. The molecule has 0 aliphatic carbocycles. The van der Waals surface area contributed by atoms with Gasteiger partial charge in [-0.15, -0.1) is 0 Å². The average molecular weight is 260 g/mol. The quantitative estimate of drug-likeness (QED) is 0.818. The second-order valence-electron chi connectivity index (χ2n) is 6.08. The molecule has 1 aromatic carbocycles. The van der Waals surface area contributed by atoms with Gasteiger partial charge in [-0.2, -0.15) is 0 Å². The van der Waals surface area contributed by atoms with Gasteiger partial charge in [-0.1, -0.05) is 19.9 Å². The van der Waals surface area contributed by atoms with E-state index in [2.05, 4.69) is 33.0 Å². The zero-order chi connectivity index (χ0) is 14.0. The lowest BCUT2D eigenvalue weighted by Gasteiger charge is -2.34. The molecule has 2 rings (SSSR count). The first-order valence-corrected chi connectivity index (χ1v) is 7.09. The maximum Gasteiger partial charge on any atom is 0.321 e. The van der Waals surface area contributed by atoms with Crippen LogP contribution < -0.4 is 5.32 Å². The topological polar surface area (TPSA) is 32.3 Å². The lowest BCUT2D eigenvalue weighted by Crippen LogP contribution is -2.44. The molecule has 2 unspecified atom stereocenters. The van der Waals surface area contributed by atoms with Gasteiger partial charge in [-0.05, 0) is 55.4 Å². The van der Waals surface area contributed by atoms with Crippen molar-refractivity contribution in [3.05, 3.63) is 29.3 Å². The van der Waals surface area contributed by atoms with Crippen molar-refractivity contribution in [2.75, 3.05) is 18.4 Å². The third-order valence-corrected chi connectivity index (χ3v) is 3.91. The van der Waals surface area contributed by atoms with Crippen LogP contribution in [-0.2, 0) is 0 Å². The maximum atomic E-state index is 12.3. The number of likely N-dealkylation sites (tertiary alicyclic amines) is 1. The summed E-state index contributed by atoms with van der Waals surface area (Å²) in [5, 5.41) is 3.01. The zero-order valence-corrected chi connectivity index (χ0v) is 12.4. The Morgan fingerprint density at radius 1 is 1.16 bits per heavy atom. The van der Waals surface area contributed by atoms with Gasteiger partial charge in [0.2, 0.25) is 0 Å². The van der Waals surface area contributed by atoms with Crippen LogP contribution >= 0.6 is 0 Å². The van der Waals surface area contributed by atoms with Crippen LogP contribution in [0.15, 0.2) is 18.2 Å². The van der Waals surface area contributed by atoms with Crippen LogP contribution in [0.1, 0.15) is 31.4 Å². The Morgan fingerprint density at radius 3 is 2.37 bits per heavy atom. The van der Waals surface area contributed by atoms with E-state index in [9.17, 15) is 4.79 Å². The fraction of sp³-hybridized carbons (Fsp3) is 0.562. The van der Waals surface area contributed by atoms with E-state index in [0.717, 1.165) is 18.8 Å². The van der Waals surface area contributed by atoms with Crippen LogP contribution in [0.4, 0.5) is 10.5 Å². The van der Waals surface area contributed by atoms with Gasteiger partial charge in [0, 0.05) is 18.8 Å². The Labute approximate surface area is 116 Å². The number of urea groups is 1. The number of hydrogen-bond acceptors (Lipinski definition) is 1. The highest BCUT2D eigenvalue weighted by Gasteiger charge is 2.25. The molecule has 1 aromatic rings. The Morgan fingerprint density at radius 2 is 1.79 bits per heavy atom. The summed E-state index contributed by atoms with van der Waals surface area (Å²) in [6.45, 7) is 10.3. The van der Waals surface area contributed by atoms with Crippen LogP contribution in [0.3, 0.4) is 0 Å². The largest absolute Gasteiger partial charge is 0.324 e. The van der Waals surface area contributed by atoms with Crippen molar-refractivity contribution in [1.82, 2.24) is 4.90 Å². The number of anilines is 1. The molecule has 19 heavy (non-hydrogen) atoms. The molecule has 2 amide bonds. The maximum absolute atomic E-state index is 12.3. The van der Waals surface area contributed by atoms with Crippen molar-refractivity contribution in [3.8, 4) is 0 Å². The fourth-order valence-electron chi connectivity index (χ4n) is 2.85. The summed E-state index contributed by atoms with van der Waals surface area (Å²) >= 11 is 0. The average Bonchev–Trinajstić information content (AvgIpc) is 2.32. The number of hydrogen-bond donors (Lipinski definition) is 1. The standard InChI is InChI=1S/C16H24N2O/c1-11-7-12(2)10-18(9-11)16(19)17-15-6-5-13(3)14(4)8-15/h5-6,8,11-12H,7,9-10H2,1-4H3,(H,17,19). The molecule has 0 spiro atoms. The van der Waals surface area contributed by atoms with Gasteiger partial charge in [0.05, 0.1) is 0 Å². The Bertz CT molecular complexity index is 460. The molecule has 0 saturated carbocycles. The van der Waals surface area contributed by atoms with Crippen LogP contribution in [0, 0.1) is 25.7 Å². The predicted octanol–water partition coefficient (Wildman–Crippen LogP) is 3.81. The molecule has 1 fully saturated rings. The molecule has 3 heteroatoms. The summed E-state index contributed by atoms with van der Waals surface area (Å²) in [5.41, 5.74) is 3.34. The van der Waals surface area contributed by atoms with E-state index in [-0.39, 0.29) is 6.03 Å². The van der Waals surface area contributed by atoms with E-state index in [0.29, 0.717) is 11.8 Å². The third kappa shape index (κ3) is 3.49. The minimum atomic E-state index is 0.0293. The summed E-state index contributed by atoms with van der Waals surface area (Å²) in [6.07, 6.45) is 1.22. The monoisotopic (exact) mass is 260 g/mol. The molecular weight excluding hydrogens is 236 g/mol. The number of piperidine rings is 1. The minimum Gasteiger partial charge on any atom is -0.324 e. The number of nitrogens with one attached hydrogen (secondary N) is 1. The van der Waals surface area contributed by atoms with Crippen LogP contribution in [0.5, 0.6) is 0 Å². The number of nitrogens with zero attached hydrogens (tertiary/aromatic N) is 1. The third-order valence-electron chi connectivity index (χ3n) is 3.91. The van der Waals surface area contributed by atoms with Gasteiger partial charge in [-0.3, -0.25) is 0 Å². The van der Waals surface area contributed by atoms with Crippen molar-refractivity contribution in [1.29, 1.82) is 0 Å². The van der Waals surface area contributed by atoms with Crippen molar-refractivity contribution in [3.63, 3.8) is 0 Å². The molecule has 1 saturated heterocycles. The molecule has 104 valence electrons. The molecule has 0 bridgehead atoms. The second-order valence-corrected chi connectivity index (χ2v) is 6.08. The predicted molar refractivity (Wildman–Crippen MR) is 79.5 cm³/mol. The number of carbonyl (C=O) groups is 1. The highest BCUT2D eigenvalue weighted by Crippen LogP contribution is 2.22. The van der Waals surface area contributed by atoms with E-state index < -0.39 is 0 Å². The fourth-order valence-corrected chi connectivity index (χ4v) is 2.85. The highest BCUT2D eigenvalue weighted by molar-refractivity contribution is 5.89. The second kappa shape index (κ2) is 5.64. The normalized spacial score (nSPS) is 23.3. The van der Waals surface area contributed by atoms with Crippen LogP contribution in [-0.4, -0.2) is 24.0 Å². The summed E-state index contributed by atoms with van der Waals surface area (Å²) in [5.74, 6) is 1.18. The van der Waals surface area contributed by atoms with Gasteiger partial charge in [0.25, 0.3) is 0 Å². The van der Waals surface area contributed by atoms with Gasteiger partial charge >= 0.3 is 6.03 Å². The minimum absolute atomic E-state index is 0.0293. The number of aryl methyl sites for hydroxylation is 2. The van der Waals surface area contributed by atoms with Crippen molar-refractivity contribution in [2.24, 2.45) is 11.8 Å². The van der Waals surface area contributed by atoms with Crippen molar-refractivity contribution < 1.29 is 4.79 Å². The van der Waals surface area contributed by atoms with Gasteiger partial charge in [0.1, 0.15) is 0 Å². The van der Waals surface area contributed by atoms with E-state index in [1.165, 1.54) is 17.5 Å². The summed E-state index contributed by atoms with van der Waals surface area (Å²) < 4.78 is 0. The molecule has 2 atom stereocenters. The molecule has 1 heterocycles. The lowest BCUT2D eigenvalue weighted by molar-refractivity contribution is 0.156. The van der Waals surface area contributed by atoms with Crippen molar-refractivity contribution >= 4 is 11.7 Å². The molecule has 0 radical (unpaired) electrons. The van der Waals surface area contributed by atoms with E-state index in [4.69, 9.17) is 0 Å². The molecule has 1 aliphatic heterocycles. The van der Waals surface area contributed by atoms with E-state index >= 15 is 0 Å². The molecule has 0 aromatic heterocycles. The van der Waals surface area contributed by atoms with Gasteiger partial charge in [-0.25, -0.2) is 4.79 Å². The summed E-state index contributed by atoms with van der Waals surface area (Å²) in [4.78, 5) is 14.2. The SMILES string of the molecule is Cc1ccc(NC(=O)N2CC(C)CC(C)C2)cc1C.